The Balaban J connectivity index is 2.96. The maximum atomic E-state index is 9.71. The normalized spacial score (nSPS) is 8.57. The first-order valence-corrected chi connectivity index (χ1v) is 1.94. The van der Waals surface area contributed by atoms with Crippen LogP contribution in [0.3, 0.4) is 0 Å². The van der Waals surface area contributed by atoms with Gasteiger partial charge in [-0.1, -0.05) is 0 Å². The van der Waals surface area contributed by atoms with Crippen LogP contribution in [0.5, 0.6) is 0 Å². The van der Waals surface area contributed by atoms with E-state index in [1.165, 1.54) is 4.57 Å². The first-order chi connectivity index (χ1) is 3.43. The topological polar surface area (TPSA) is 22.0 Å². The van der Waals surface area contributed by atoms with Gasteiger partial charge in [0.15, 0.2) is 0 Å². The summed E-state index contributed by atoms with van der Waals surface area (Å²) in [5.74, 6) is 0. The highest BCUT2D eigenvalue weighted by Gasteiger charge is 1.77. The van der Waals surface area contributed by atoms with Crippen LogP contribution in [0.25, 0.3) is 0 Å². The molecular formula is C5H4NO. The molecule has 0 saturated heterocycles. The molecule has 2 heteroatoms. The fourth-order valence-corrected chi connectivity index (χ4v) is 0.395. The van der Waals surface area contributed by atoms with Gasteiger partial charge in [0.2, 0.25) is 0 Å². The molecule has 0 saturated carbocycles. The number of hydrogen-bond acceptors (Lipinski definition) is 1. The summed E-state index contributed by atoms with van der Waals surface area (Å²) in [5, 5.41) is 0. The van der Waals surface area contributed by atoms with E-state index in [1.807, 2.05) is 0 Å². The zero-order chi connectivity index (χ0) is 5.11. The van der Waals surface area contributed by atoms with Gasteiger partial charge < -0.3 is 0 Å². The van der Waals surface area contributed by atoms with E-state index in [0.717, 1.165) is 0 Å². The Labute approximate surface area is 41.4 Å². The molecule has 1 aromatic rings. The van der Waals surface area contributed by atoms with Crippen molar-refractivity contribution in [2.24, 2.45) is 0 Å². The second-order valence-electron chi connectivity index (χ2n) is 1.18. The average Bonchev–Trinajstić information content (AvgIpc) is 2.14. The Kier molecular flexibility index (Phi) is 0.941. The number of hydrogen-bond donors (Lipinski definition) is 0. The van der Waals surface area contributed by atoms with Gasteiger partial charge in [0.05, 0.1) is 0 Å². The molecular weight excluding hydrogens is 90.1 g/mol. The third-order valence-corrected chi connectivity index (χ3v) is 0.710. The Morgan fingerprint density at radius 1 is 1.29 bits per heavy atom. The van der Waals surface area contributed by atoms with Crippen LogP contribution in [0.4, 0.5) is 0 Å². The molecule has 0 unspecified atom stereocenters. The fraction of sp³-hybridized carbons (Fsp3) is 0. The third-order valence-electron chi connectivity index (χ3n) is 0.710. The quantitative estimate of drug-likeness (QED) is 0.493. The van der Waals surface area contributed by atoms with E-state index in [4.69, 9.17) is 0 Å². The van der Waals surface area contributed by atoms with Crippen LogP contribution >= 0.6 is 0 Å². The summed E-state index contributed by atoms with van der Waals surface area (Å²) in [7, 11) is 0. The fourth-order valence-electron chi connectivity index (χ4n) is 0.395. The molecule has 0 aliphatic heterocycles. The van der Waals surface area contributed by atoms with Gasteiger partial charge in [-0.2, -0.15) is 0 Å². The van der Waals surface area contributed by atoms with Gasteiger partial charge in [0.1, 0.15) is 0 Å². The average molecular weight is 94.1 g/mol. The molecule has 1 heterocycles. The number of aromatic nitrogens is 1. The predicted octanol–water partition coefficient (Wildman–Crippen LogP) is 0.403. The van der Waals surface area contributed by atoms with Crippen molar-refractivity contribution in [1.82, 2.24) is 4.57 Å². The van der Waals surface area contributed by atoms with Crippen LogP contribution in [0, 0.1) is 0 Å². The lowest BCUT2D eigenvalue weighted by Gasteiger charge is -1.75. The first kappa shape index (κ1) is 4.12. The summed E-state index contributed by atoms with van der Waals surface area (Å²) < 4.78 is 1.32. The van der Waals surface area contributed by atoms with Crippen LogP contribution in [0.2, 0.25) is 0 Å². The van der Waals surface area contributed by atoms with Gasteiger partial charge in [-0.05, 0) is 12.1 Å². The second-order valence-corrected chi connectivity index (χ2v) is 1.18. The Morgan fingerprint density at radius 3 is 2.14 bits per heavy atom. The highest BCUT2D eigenvalue weighted by atomic mass is 16.1. The third kappa shape index (κ3) is 0.682. The zero-order valence-corrected chi connectivity index (χ0v) is 3.66. The van der Waals surface area contributed by atoms with Crippen molar-refractivity contribution < 1.29 is 4.79 Å². The summed E-state index contributed by atoms with van der Waals surface area (Å²) in [5.41, 5.74) is 0. The Bertz CT molecular complexity index is 143. The molecule has 0 amide bonds. The Morgan fingerprint density at radius 2 is 1.86 bits per heavy atom. The summed E-state index contributed by atoms with van der Waals surface area (Å²) in [6.45, 7) is 0. The molecule has 2 nitrogen and oxygen atoms in total. The number of carbonyl (C=O) groups excluding carboxylic acids is 1. The molecule has 1 radical (unpaired) electrons. The highest BCUT2D eigenvalue weighted by Crippen LogP contribution is 1.81. The van der Waals surface area contributed by atoms with Crippen LogP contribution in [0.15, 0.2) is 24.5 Å². The predicted molar refractivity (Wildman–Crippen MR) is 25.5 cm³/mol. The van der Waals surface area contributed by atoms with Gasteiger partial charge in [-0.25, -0.2) is 0 Å². The van der Waals surface area contributed by atoms with Crippen molar-refractivity contribution in [3.63, 3.8) is 0 Å². The lowest BCUT2D eigenvalue weighted by molar-refractivity contribution is 0.547. The van der Waals surface area contributed by atoms with Gasteiger partial charge in [-0.3, -0.25) is 9.36 Å². The number of nitrogens with zero attached hydrogens (tertiary/aromatic N) is 1. The van der Waals surface area contributed by atoms with Crippen LogP contribution < -0.4 is 0 Å². The van der Waals surface area contributed by atoms with Gasteiger partial charge in [0, 0.05) is 12.4 Å². The maximum absolute atomic E-state index is 9.71. The van der Waals surface area contributed by atoms with E-state index in [0.29, 0.717) is 0 Å². The van der Waals surface area contributed by atoms with E-state index in [-0.39, 0.29) is 0 Å². The van der Waals surface area contributed by atoms with Crippen molar-refractivity contribution in [2.45, 2.75) is 0 Å². The largest absolute Gasteiger partial charge is 0.320 e. The standard InChI is InChI=1S/C5H4NO/c7-5-6-3-1-2-4-6/h1-4H. The molecule has 0 spiro atoms. The van der Waals surface area contributed by atoms with Crippen molar-refractivity contribution in [3.8, 4) is 0 Å². The minimum Gasteiger partial charge on any atom is -0.286 e. The smallest absolute Gasteiger partial charge is 0.286 e. The monoisotopic (exact) mass is 94.0 g/mol. The molecule has 0 aliphatic rings. The molecule has 0 aromatic carbocycles. The maximum Gasteiger partial charge on any atom is 0.320 e. The van der Waals surface area contributed by atoms with Gasteiger partial charge >= 0.3 is 6.41 Å². The molecule has 0 bridgehead atoms. The minimum atomic E-state index is 1.32. The lowest BCUT2D eigenvalue weighted by atomic mass is 10.7. The molecule has 0 N–H and O–H groups in total. The molecule has 1 aromatic heterocycles. The summed E-state index contributed by atoms with van der Waals surface area (Å²) >= 11 is 0. The van der Waals surface area contributed by atoms with Crippen molar-refractivity contribution in [1.29, 1.82) is 0 Å². The van der Waals surface area contributed by atoms with E-state index < -0.39 is 0 Å². The molecule has 0 atom stereocenters. The molecule has 0 aliphatic carbocycles. The Hall–Kier alpha value is -1.05. The summed E-state index contributed by atoms with van der Waals surface area (Å²) in [6, 6.07) is 3.54. The van der Waals surface area contributed by atoms with Crippen LogP contribution in [-0.2, 0) is 4.79 Å². The molecule has 0 fully saturated rings. The first-order valence-electron chi connectivity index (χ1n) is 1.94. The van der Waals surface area contributed by atoms with Crippen molar-refractivity contribution in [2.75, 3.05) is 0 Å². The summed E-state index contributed by atoms with van der Waals surface area (Å²) in [6.07, 6.45) is 4.94. The zero-order valence-electron chi connectivity index (χ0n) is 3.66. The molecule has 1 rings (SSSR count). The SMILES string of the molecule is O=[C]n1cccc1. The summed E-state index contributed by atoms with van der Waals surface area (Å²) in [4.78, 5) is 9.71. The molecule has 35 valence electrons. The second kappa shape index (κ2) is 1.60. The van der Waals surface area contributed by atoms with Crippen molar-refractivity contribution in [3.05, 3.63) is 24.5 Å². The highest BCUT2D eigenvalue weighted by molar-refractivity contribution is 5.51. The van der Waals surface area contributed by atoms with E-state index in [9.17, 15) is 4.79 Å². The van der Waals surface area contributed by atoms with E-state index >= 15 is 0 Å². The van der Waals surface area contributed by atoms with Gasteiger partial charge in [-0.15, -0.1) is 0 Å². The van der Waals surface area contributed by atoms with Crippen LogP contribution in [0.1, 0.15) is 0 Å². The molecule has 7 heavy (non-hydrogen) atoms. The van der Waals surface area contributed by atoms with E-state index in [1.54, 1.807) is 30.9 Å². The lowest BCUT2D eigenvalue weighted by Crippen LogP contribution is -1.85. The number of rotatable bonds is 1. The minimum absolute atomic E-state index is 1.32. The van der Waals surface area contributed by atoms with Crippen molar-refractivity contribution >= 4 is 6.41 Å². The van der Waals surface area contributed by atoms with Gasteiger partial charge in [0.25, 0.3) is 0 Å². The van der Waals surface area contributed by atoms with E-state index in [2.05, 4.69) is 0 Å². The van der Waals surface area contributed by atoms with Crippen LogP contribution in [-0.4, -0.2) is 11.0 Å².